The maximum Gasteiger partial charge on any atom is 0.294 e. The molecule has 5 heteroatoms. The van der Waals surface area contributed by atoms with Gasteiger partial charge in [-0.2, -0.15) is 0 Å². The lowest BCUT2D eigenvalue weighted by atomic mass is 9.92. The molecule has 0 aliphatic carbocycles. The van der Waals surface area contributed by atoms with Gasteiger partial charge in [0.05, 0.1) is 17.9 Å². The highest BCUT2D eigenvalue weighted by molar-refractivity contribution is 6.20. The number of carbonyl (C=O) groups is 2. The molecule has 0 radical (unpaired) electrons. The number of carbonyl (C=O) groups excluding carboxylic acids is 2. The van der Waals surface area contributed by atoms with Crippen molar-refractivity contribution in [2.75, 3.05) is 4.90 Å². The number of furan rings is 1. The first kappa shape index (κ1) is 21.6. The molecule has 2 heterocycles. The third kappa shape index (κ3) is 3.75. The molecule has 0 saturated heterocycles. The minimum atomic E-state index is -0.758. The molecule has 1 unspecified atom stereocenters. The Balaban J connectivity index is 1.83. The van der Waals surface area contributed by atoms with Gasteiger partial charge in [0, 0.05) is 5.69 Å². The van der Waals surface area contributed by atoms with Crippen LogP contribution < -0.4 is 4.90 Å². The number of hydrogen-bond donors (Lipinski definition) is 1. The standard InChI is InChI=1S/C27H27NO4/c1-16(2)18-7-9-20(10-8-18)24-23(25(29)22-6-5-15-32-22)26(30)27(31)28(24)21-13-11-19(12-14-21)17(3)4/h5-17,24,30H,1-4H3. The Kier molecular flexibility index (Phi) is 5.74. The SMILES string of the molecule is CC(C)c1ccc(C2C(C(=O)c3ccco3)=C(O)C(=O)N2c2ccc(C(C)C)cc2)cc1. The van der Waals surface area contributed by atoms with Crippen molar-refractivity contribution in [1.82, 2.24) is 0 Å². The molecule has 0 fully saturated rings. The van der Waals surface area contributed by atoms with Gasteiger partial charge in [-0.15, -0.1) is 0 Å². The third-order valence-corrected chi connectivity index (χ3v) is 5.95. The predicted octanol–water partition coefficient (Wildman–Crippen LogP) is 6.31. The number of amides is 1. The zero-order valence-electron chi connectivity index (χ0n) is 18.7. The summed E-state index contributed by atoms with van der Waals surface area (Å²) in [4.78, 5) is 27.9. The summed E-state index contributed by atoms with van der Waals surface area (Å²) in [5.41, 5.74) is 3.68. The maximum atomic E-state index is 13.3. The van der Waals surface area contributed by atoms with Crippen LogP contribution >= 0.6 is 0 Å². The molecule has 0 spiro atoms. The van der Waals surface area contributed by atoms with Crippen LogP contribution in [0.5, 0.6) is 0 Å². The van der Waals surface area contributed by atoms with E-state index in [2.05, 4.69) is 27.7 Å². The quantitative estimate of drug-likeness (QED) is 0.466. The van der Waals surface area contributed by atoms with E-state index in [1.165, 1.54) is 17.2 Å². The van der Waals surface area contributed by atoms with Crippen molar-refractivity contribution in [2.45, 2.75) is 45.6 Å². The van der Waals surface area contributed by atoms with Gasteiger partial charge in [0.2, 0.25) is 5.78 Å². The number of aliphatic hydroxyl groups is 1. The lowest BCUT2D eigenvalue weighted by Gasteiger charge is -2.27. The molecule has 2 aromatic carbocycles. The summed E-state index contributed by atoms with van der Waals surface area (Å²) in [6.07, 6.45) is 1.40. The summed E-state index contributed by atoms with van der Waals surface area (Å²) < 4.78 is 5.28. The molecular weight excluding hydrogens is 402 g/mol. The van der Waals surface area contributed by atoms with Crippen LogP contribution in [0.1, 0.15) is 72.8 Å². The van der Waals surface area contributed by atoms with Crippen molar-refractivity contribution < 1.29 is 19.1 Å². The van der Waals surface area contributed by atoms with Crippen LogP contribution in [0.15, 0.2) is 82.7 Å². The molecule has 1 atom stereocenters. The van der Waals surface area contributed by atoms with Gasteiger partial charge in [-0.3, -0.25) is 14.5 Å². The fraction of sp³-hybridized carbons (Fsp3) is 0.259. The van der Waals surface area contributed by atoms with Crippen LogP contribution in [0.2, 0.25) is 0 Å². The van der Waals surface area contributed by atoms with Gasteiger partial charge in [0.15, 0.2) is 11.5 Å². The van der Waals surface area contributed by atoms with Crippen LogP contribution in [0.4, 0.5) is 5.69 Å². The van der Waals surface area contributed by atoms with E-state index in [1.54, 1.807) is 6.07 Å². The van der Waals surface area contributed by atoms with Gasteiger partial charge in [0.25, 0.3) is 5.91 Å². The van der Waals surface area contributed by atoms with E-state index in [0.717, 1.165) is 16.7 Å². The maximum absolute atomic E-state index is 13.3. The van der Waals surface area contributed by atoms with Gasteiger partial charge in [-0.05, 0) is 52.8 Å². The number of anilines is 1. The Morgan fingerprint density at radius 3 is 1.97 bits per heavy atom. The second-order valence-electron chi connectivity index (χ2n) is 8.71. The van der Waals surface area contributed by atoms with Gasteiger partial charge in [-0.25, -0.2) is 0 Å². The van der Waals surface area contributed by atoms with E-state index in [4.69, 9.17) is 4.42 Å². The minimum Gasteiger partial charge on any atom is -0.503 e. The lowest BCUT2D eigenvalue weighted by Crippen LogP contribution is -2.31. The lowest BCUT2D eigenvalue weighted by molar-refractivity contribution is -0.117. The van der Waals surface area contributed by atoms with Crippen LogP contribution in [0.3, 0.4) is 0 Å². The molecule has 1 N–H and O–H groups in total. The average molecular weight is 430 g/mol. The molecule has 4 rings (SSSR count). The predicted molar refractivity (Wildman–Crippen MR) is 124 cm³/mol. The monoisotopic (exact) mass is 429 g/mol. The van der Waals surface area contributed by atoms with Crippen molar-refractivity contribution in [3.05, 3.63) is 101 Å². The molecule has 1 amide bonds. The summed E-state index contributed by atoms with van der Waals surface area (Å²) >= 11 is 0. The van der Waals surface area contributed by atoms with E-state index >= 15 is 0 Å². The van der Waals surface area contributed by atoms with Crippen LogP contribution in [0.25, 0.3) is 0 Å². The molecule has 1 aliphatic rings. The van der Waals surface area contributed by atoms with Gasteiger partial charge in [0.1, 0.15) is 0 Å². The van der Waals surface area contributed by atoms with E-state index in [-0.39, 0.29) is 11.3 Å². The van der Waals surface area contributed by atoms with Crippen molar-refractivity contribution in [1.29, 1.82) is 0 Å². The van der Waals surface area contributed by atoms with Crippen molar-refractivity contribution in [3.8, 4) is 0 Å². The Morgan fingerprint density at radius 2 is 1.47 bits per heavy atom. The first-order valence-corrected chi connectivity index (χ1v) is 10.8. The smallest absolute Gasteiger partial charge is 0.294 e. The normalized spacial score (nSPS) is 16.5. The van der Waals surface area contributed by atoms with E-state index in [9.17, 15) is 14.7 Å². The second kappa shape index (κ2) is 8.50. The fourth-order valence-corrected chi connectivity index (χ4v) is 4.04. The zero-order chi connectivity index (χ0) is 23.0. The first-order valence-electron chi connectivity index (χ1n) is 10.8. The number of benzene rings is 2. The fourth-order valence-electron chi connectivity index (χ4n) is 4.04. The highest BCUT2D eigenvalue weighted by atomic mass is 16.3. The summed E-state index contributed by atoms with van der Waals surface area (Å²) in [5.74, 6) is -0.866. The molecule has 32 heavy (non-hydrogen) atoms. The number of nitrogens with zero attached hydrogens (tertiary/aromatic N) is 1. The number of ketones is 1. The Bertz CT molecular complexity index is 1150. The average Bonchev–Trinajstić information content (AvgIpc) is 3.41. The van der Waals surface area contributed by atoms with Gasteiger partial charge >= 0.3 is 0 Å². The molecule has 5 nitrogen and oxygen atoms in total. The molecule has 0 saturated carbocycles. The van der Waals surface area contributed by atoms with Crippen LogP contribution in [0, 0.1) is 0 Å². The number of Topliss-reactive ketones (excluding diaryl/α,β-unsaturated/α-hetero) is 1. The zero-order valence-corrected chi connectivity index (χ0v) is 18.7. The third-order valence-electron chi connectivity index (χ3n) is 5.95. The van der Waals surface area contributed by atoms with E-state index in [0.29, 0.717) is 17.5 Å². The van der Waals surface area contributed by atoms with Gasteiger partial charge < -0.3 is 9.52 Å². The molecule has 1 aliphatic heterocycles. The van der Waals surface area contributed by atoms with Crippen molar-refractivity contribution in [2.24, 2.45) is 0 Å². The summed E-state index contributed by atoms with van der Waals surface area (Å²) in [6.45, 7) is 8.41. The van der Waals surface area contributed by atoms with Gasteiger partial charge in [-0.1, -0.05) is 64.1 Å². The summed E-state index contributed by atoms with van der Waals surface area (Å²) in [7, 11) is 0. The molecule has 0 bridgehead atoms. The second-order valence-corrected chi connectivity index (χ2v) is 8.71. The first-order chi connectivity index (χ1) is 15.3. The number of hydrogen-bond acceptors (Lipinski definition) is 4. The number of aliphatic hydroxyl groups excluding tert-OH is 1. The highest BCUT2D eigenvalue weighted by Gasteiger charge is 2.45. The van der Waals surface area contributed by atoms with E-state index in [1.807, 2.05) is 48.5 Å². The number of rotatable bonds is 6. The topological polar surface area (TPSA) is 70.7 Å². The van der Waals surface area contributed by atoms with Crippen LogP contribution in [-0.2, 0) is 4.79 Å². The van der Waals surface area contributed by atoms with E-state index < -0.39 is 23.5 Å². The largest absolute Gasteiger partial charge is 0.503 e. The van der Waals surface area contributed by atoms with Crippen LogP contribution in [-0.4, -0.2) is 16.8 Å². The van der Waals surface area contributed by atoms with Crippen molar-refractivity contribution >= 4 is 17.4 Å². The Labute approximate surface area is 188 Å². The minimum absolute atomic E-state index is 0.0233. The Morgan fingerprint density at radius 1 is 0.906 bits per heavy atom. The summed E-state index contributed by atoms with van der Waals surface area (Å²) in [5, 5.41) is 10.8. The molecule has 1 aromatic heterocycles. The Hall–Kier alpha value is -3.60. The summed E-state index contributed by atoms with van der Waals surface area (Å²) in [6, 6.07) is 17.9. The van der Waals surface area contributed by atoms with Crippen molar-refractivity contribution in [3.63, 3.8) is 0 Å². The molecule has 3 aromatic rings. The highest BCUT2D eigenvalue weighted by Crippen LogP contribution is 2.42. The molecular formula is C27H27NO4. The molecule has 164 valence electrons.